The Balaban J connectivity index is 1.66. The molecule has 5 rings (SSSR count). The summed E-state index contributed by atoms with van der Waals surface area (Å²) in [6.45, 7) is 3.50. The van der Waals surface area contributed by atoms with Gasteiger partial charge in [0.05, 0.1) is 39.6 Å². The Labute approximate surface area is 232 Å². The van der Waals surface area contributed by atoms with Gasteiger partial charge in [-0.3, -0.25) is 0 Å². The van der Waals surface area contributed by atoms with Crippen LogP contribution >= 0.6 is 25.3 Å². The molecule has 0 aliphatic carbocycles. The van der Waals surface area contributed by atoms with Crippen molar-refractivity contribution in [1.82, 2.24) is 29.0 Å². The maximum atomic E-state index is 15.6. The van der Waals surface area contributed by atoms with Crippen LogP contribution in [0.2, 0.25) is 0 Å². The zero-order valence-electron chi connectivity index (χ0n) is 21.5. The van der Waals surface area contributed by atoms with Gasteiger partial charge in [0.15, 0.2) is 11.6 Å². The molecule has 1 aliphatic heterocycles. The van der Waals surface area contributed by atoms with E-state index in [0.29, 0.717) is 18.7 Å². The van der Waals surface area contributed by atoms with E-state index in [1.165, 1.54) is 22.1 Å². The summed E-state index contributed by atoms with van der Waals surface area (Å²) in [6, 6.07) is 2.02. The molecule has 7 nitrogen and oxygen atoms in total. The number of halogens is 5. The number of imidazole rings is 1. The third-order valence-corrected chi connectivity index (χ3v) is 7.14. The average Bonchev–Trinajstić information content (AvgIpc) is 3.31. The van der Waals surface area contributed by atoms with Crippen molar-refractivity contribution in [2.45, 2.75) is 56.0 Å². The monoisotopic (exact) mass is 585 g/mol. The van der Waals surface area contributed by atoms with Crippen LogP contribution in [0.25, 0.3) is 27.7 Å². The highest BCUT2D eigenvalue weighted by atomic mass is 32.2. The van der Waals surface area contributed by atoms with Crippen molar-refractivity contribution in [2.75, 3.05) is 25.5 Å². The molecule has 4 aromatic rings. The molecule has 0 spiro atoms. The average molecular weight is 586 g/mol. The van der Waals surface area contributed by atoms with Gasteiger partial charge in [-0.2, -0.15) is 25.3 Å². The first kappa shape index (κ1) is 28.0. The lowest BCUT2D eigenvalue weighted by Crippen LogP contribution is -2.46. The third kappa shape index (κ3) is 5.68. The molecular formula is C25H28F5N7S2. The van der Waals surface area contributed by atoms with Gasteiger partial charge in [-0.1, -0.05) is 0 Å². The normalized spacial score (nSPS) is 19.1. The highest BCUT2D eigenvalue weighted by molar-refractivity contribution is 8.00. The van der Waals surface area contributed by atoms with Crippen LogP contribution in [0, 0.1) is 18.6 Å². The van der Waals surface area contributed by atoms with Crippen LogP contribution in [0.1, 0.15) is 24.9 Å². The molecular weight excluding hydrogens is 557 g/mol. The Morgan fingerprint density at radius 2 is 1.92 bits per heavy atom. The summed E-state index contributed by atoms with van der Waals surface area (Å²) in [6.07, 6.45) is -2.04. The van der Waals surface area contributed by atoms with Gasteiger partial charge in [0, 0.05) is 25.1 Å². The van der Waals surface area contributed by atoms with E-state index in [2.05, 4.69) is 45.6 Å². The minimum Gasteiger partial charge on any atom is -0.347 e. The quantitative estimate of drug-likeness (QED) is 0.159. The molecule has 0 amide bonds. The third-order valence-electron chi connectivity index (χ3n) is 6.83. The molecule has 0 radical (unpaired) electrons. The summed E-state index contributed by atoms with van der Waals surface area (Å²) >= 11 is 8.99. The van der Waals surface area contributed by atoms with Crippen molar-refractivity contribution in [3.05, 3.63) is 41.5 Å². The van der Waals surface area contributed by atoms with Crippen molar-refractivity contribution in [3.8, 4) is 11.1 Å². The summed E-state index contributed by atoms with van der Waals surface area (Å²) in [7, 11) is 1.84. The zero-order chi connectivity index (χ0) is 28.2. The molecule has 1 fully saturated rings. The number of aromatic nitrogens is 5. The summed E-state index contributed by atoms with van der Waals surface area (Å²) in [5.41, 5.74) is 0.726. The van der Waals surface area contributed by atoms with Gasteiger partial charge in [-0.15, -0.1) is 5.10 Å². The smallest absolute Gasteiger partial charge is 0.256 e. The first-order valence-electron chi connectivity index (χ1n) is 12.4. The molecule has 2 atom stereocenters. The van der Waals surface area contributed by atoms with Gasteiger partial charge < -0.3 is 14.8 Å². The number of hydrogen-bond acceptors (Lipinski definition) is 7. The van der Waals surface area contributed by atoms with E-state index in [1.807, 2.05) is 11.9 Å². The molecule has 0 bridgehead atoms. The highest BCUT2D eigenvalue weighted by Crippen LogP contribution is 2.36. The zero-order valence-corrected chi connectivity index (χ0v) is 23.3. The number of piperidine rings is 1. The van der Waals surface area contributed by atoms with E-state index in [1.54, 1.807) is 6.92 Å². The Morgan fingerprint density at radius 3 is 2.59 bits per heavy atom. The summed E-state index contributed by atoms with van der Waals surface area (Å²) in [5.74, 6) is -1.18. The maximum absolute atomic E-state index is 15.6. The van der Waals surface area contributed by atoms with Crippen molar-refractivity contribution in [1.29, 1.82) is 0 Å². The summed E-state index contributed by atoms with van der Waals surface area (Å²) < 4.78 is 73.5. The van der Waals surface area contributed by atoms with E-state index in [-0.39, 0.29) is 52.4 Å². The van der Waals surface area contributed by atoms with E-state index in [9.17, 15) is 13.2 Å². The number of rotatable bonds is 7. The summed E-state index contributed by atoms with van der Waals surface area (Å²) in [4.78, 5) is 10.6. The van der Waals surface area contributed by atoms with E-state index < -0.39 is 40.9 Å². The first-order valence-corrected chi connectivity index (χ1v) is 13.3. The van der Waals surface area contributed by atoms with Crippen molar-refractivity contribution >= 4 is 47.8 Å². The topological polar surface area (TPSA) is 63.3 Å². The van der Waals surface area contributed by atoms with Crippen molar-refractivity contribution < 1.29 is 22.0 Å². The number of aryl methyl sites for hydroxylation is 1. The van der Waals surface area contributed by atoms with Gasteiger partial charge in [0.2, 0.25) is 5.95 Å². The molecule has 1 aromatic carbocycles. The SMILES string of the molecule is Cc1nc2c(F)cc(-c3c(F)cn4nc(NC5CCN(C)CC5F)nc(CC(C)(S)S)c34)cc2n1CC(F)F. The van der Waals surface area contributed by atoms with Crippen LogP contribution in [-0.2, 0) is 13.0 Å². The molecule has 2 unspecified atom stereocenters. The lowest BCUT2D eigenvalue weighted by atomic mass is 10.0. The molecule has 4 heterocycles. The molecule has 39 heavy (non-hydrogen) atoms. The predicted molar refractivity (Wildman–Crippen MR) is 147 cm³/mol. The maximum Gasteiger partial charge on any atom is 0.256 e. The van der Waals surface area contributed by atoms with Crippen LogP contribution in [0.3, 0.4) is 0 Å². The standard InChI is InChI=1S/C25H28F5N7S2/c1-12-31-22-14(26)6-13(7-19(22)36(12)11-20(29)30)21-16(28)10-37-23(21)18(8-25(2,38)39)33-24(34-37)32-17-4-5-35(3)9-15(17)27/h6-7,10,15,17,20,38-39H,4-5,8-9,11H2,1-3H3,(H,32,34). The number of fused-ring (bicyclic) bond motifs is 2. The van der Waals surface area contributed by atoms with Gasteiger partial charge >= 0.3 is 0 Å². The first-order chi connectivity index (χ1) is 18.3. The van der Waals surface area contributed by atoms with E-state index in [4.69, 9.17) is 0 Å². The Bertz CT molecular complexity index is 1530. The number of alkyl halides is 3. The lowest BCUT2D eigenvalue weighted by molar-refractivity contribution is 0.127. The number of nitrogens with one attached hydrogen (secondary N) is 1. The molecule has 1 saturated heterocycles. The van der Waals surface area contributed by atoms with E-state index >= 15 is 8.78 Å². The van der Waals surface area contributed by atoms with Crippen LogP contribution in [0.5, 0.6) is 0 Å². The minimum atomic E-state index is -2.69. The van der Waals surface area contributed by atoms with Crippen LogP contribution in [0.15, 0.2) is 18.3 Å². The Kier molecular flexibility index (Phi) is 7.48. The highest BCUT2D eigenvalue weighted by Gasteiger charge is 2.30. The molecule has 14 heteroatoms. The molecule has 1 aliphatic rings. The van der Waals surface area contributed by atoms with Crippen molar-refractivity contribution in [2.24, 2.45) is 0 Å². The summed E-state index contributed by atoms with van der Waals surface area (Å²) in [5, 5.41) is 7.42. The van der Waals surface area contributed by atoms with Crippen LogP contribution < -0.4 is 5.32 Å². The van der Waals surface area contributed by atoms with Crippen LogP contribution in [0.4, 0.5) is 27.9 Å². The number of thiol groups is 2. The van der Waals surface area contributed by atoms with Crippen molar-refractivity contribution in [3.63, 3.8) is 0 Å². The largest absolute Gasteiger partial charge is 0.347 e. The van der Waals surface area contributed by atoms with Gasteiger partial charge in [0.25, 0.3) is 6.43 Å². The number of nitrogens with zero attached hydrogens (tertiary/aromatic N) is 6. The van der Waals surface area contributed by atoms with E-state index in [0.717, 1.165) is 12.3 Å². The Hall–Kier alpha value is -2.58. The minimum absolute atomic E-state index is 0.00613. The molecule has 210 valence electrons. The number of anilines is 1. The van der Waals surface area contributed by atoms with Crippen LogP contribution in [-0.4, -0.2) is 71.9 Å². The number of likely N-dealkylation sites (tertiary alicyclic amines) is 1. The lowest BCUT2D eigenvalue weighted by Gasteiger charge is -2.32. The fourth-order valence-electron chi connectivity index (χ4n) is 5.10. The number of hydrogen-bond donors (Lipinski definition) is 3. The van der Waals surface area contributed by atoms with Gasteiger partial charge in [-0.25, -0.2) is 36.4 Å². The molecule has 1 N–H and O–H groups in total. The van der Waals surface area contributed by atoms with Gasteiger partial charge in [-0.05, 0) is 45.0 Å². The predicted octanol–water partition coefficient (Wildman–Crippen LogP) is 5.17. The fourth-order valence-corrected chi connectivity index (χ4v) is 5.40. The second-order valence-electron chi connectivity index (χ2n) is 10.2. The second-order valence-corrected chi connectivity index (χ2v) is 12.6. The Morgan fingerprint density at radius 1 is 1.18 bits per heavy atom. The number of benzene rings is 1. The molecule has 3 aromatic heterocycles. The second kappa shape index (κ2) is 10.4. The molecule has 0 saturated carbocycles. The fraction of sp³-hybridized carbons (Fsp3) is 0.480. The van der Waals surface area contributed by atoms with Gasteiger partial charge in [0.1, 0.15) is 17.5 Å².